The minimum Gasteiger partial charge on any atom is -0.496 e. The van der Waals surface area contributed by atoms with Crippen molar-refractivity contribution in [3.63, 3.8) is 0 Å². The van der Waals surface area contributed by atoms with Crippen molar-refractivity contribution in [2.24, 2.45) is 0 Å². The molecular weight excluding hydrogens is 326 g/mol. The molecule has 6 heteroatoms. The van der Waals surface area contributed by atoms with Gasteiger partial charge in [0.25, 0.3) is 0 Å². The Balaban J connectivity index is 2.07. The molecule has 104 valence electrons. The van der Waals surface area contributed by atoms with E-state index in [1.807, 2.05) is 18.2 Å². The molecule has 1 N–H and O–H groups in total. The first-order chi connectivity index (χ1) is 9.60. The van der Waals surface area contributed by atoms with Crippen LogP contribution in [-0.4, -0.2) is 23.2 Å². The highest BCUT2D eigenvalue weighted by molar-refractivity contribution is 9.10. The Labute approximate surface area is 124 Å². The molecule has 2 aromatic rings. The van der Waals surface area contributed by atoms with Crippen LogP contribution in [0, 0.1) is 0 Å². The Kier molecular flexibility index (Phi) is 4.57. The molecule has 0 amide bonds. The van der Waals surface area contributed by atoms with Gasteiger partial charge >= 0.3 is 5.97 Å². The number of halogens is 1. The zero-order valence-corrected chi connectivity index (χ0v) is 12.3. The van der Waals surface area contributed by atoms with Crippen LogP contribution in [-0.2, 0) is 6.61 Å². The van der Waals surface area contributed by atoms with E-state index in [1.54, 1.807) is 7.11 Å². The molecule has 0 aliphatic carbocycles. The summed E-state index contributed by atoms with van der Waals surface area (Å²) in [6.45, 7) is 0.313. The number of ether oxygens (including phenoxy) is 2. The van der Waals surface area contributed by atoms with Gasteiger partial charge in [-0.2, -0.15) is 0 Å². The minimum absolute atomic E-state index is 0.0958. The van der Waals surface area contributed by atoms with E-state index in [0.29, 0.717) is 12.4 Å². The predicted molar refractivity (Wildman–Crippen MR) is 76.2 cm³/mol. The van der Waals surface area contributed by atoms with Gasteiger partial charge in [-0.25, -0.2) is 4.79 Å². The second kappa shape index (κ2) is 6.38. The third-order valence-corrected chi connectivity index (χ3v) is 3.20. The van der Waals surface area contributed by atoms with E-state index in [2.05, 4.69) is 20.9 Å². The molecule has 0 spiro atoms. The molecule has 0 aliphatic heterocycles. The van der Waals surface area contributed by atoms with E-state index in [1.165, 1.54) is 18.5 Å². The Hall–Kier alpha value is -2.08. The van der Waals surface area contributed by atoms with E-state index < -0.39 is 5.97 Å². The molecule has 20 heavy (non-hydrogen) atoms. The summed E-state index contributed by atoms with van der Waals surface area (Å²) in [5.41, 5.74) is 1.02. The number of methoxy groups -OCH3 is 1. The number of carboxylic acid groups (broad SMARTS) is 1. The maximum Gasteiger partial charge on any atom is 0.337 e. The second-order valence-corrected chi connectivity index (χ2v) is 4.83. The number of pyridine rings is 1. The number of benzene rings is 1. The lowest BCUT2D eigenvalue weighted by Crippen LogP contribution is -2.00. The minimum atomic E-state index is -1.03. The van der Waals surface area contributed by atoms with Crippen LogP contribution < -0.4 is 9.47 Å². The number of carbonyl (C=O) groups is 1. The van der Waals surface area contributed by atoms with E-state index in [-0.39, 0.29) is 5.56 Å². The Morgan fingerprint density at radius 1 is 1.35 bits per heavy atom. The van der Waals surface area contributed by atoms with Crippen molar-refractivity contribution >= 4 is 21.9 Å². The first-order valence-electron chi connectivity index (χ1n) is 5.73. The fourth-order valence-electron chi connectivity index (χ4n) is 1.58. The summed E-state index contributed by atoms with van der Waals surface area (Å²) in [5, 5.41) is 8.87. The molecule has 0 unspecified atom stereocenters. The van der Waals surface area contributed by atoms with Crippen molar-refractivity contribution in [2.75, 3.05) is 7.11 Å². The summed E-state index contributed by atoms with van der Waals surface area (Å²) >= 11 is 3.39. The Morgan fingerprint density at radius 2 is 2.15 bits per heavy atom. The van der Waals surface area contributed by atoms with Gasteiger partial charge in [0.2, 0.25) is 0 Å². The third kappa shape index (κ3) is 3.48. The summed E-state index contributed by atoms with van der Waals surface area (Å²) in [7, 11) is 1.60. The predicted octanol–water partition coefficient (Wildman–Crippen LogP) is 3.13. The van der Waals surface area contributed by atoms with Gasteiger partial charge in [-0.3, -0.25) is 4.98 Å². The van der Waals surface area contributed by atoms with E-state index in [9.17, 15) is 4.79 Å². The standard InChI is InChI=1S/C14H12BrNO4/c1-19-13-3-2-9(4-12(13)15)8-20-11-5-10(14(17)18)6-16-7-11/h2-7H,8H2,1H3,(H,17,18). The van der Waals surface area contributed by atoms with Crippen LogP contribution in [0.2, 0.25) is 0 Å². The molecule has 0 aliphatic rings. The van der Waals surface area contributed by atoms with Crippen LogP contribution in [0.5, 0.6) is 11.5 Å². The lowest BCUT2D eigenvalue weighted by atomic mass is 10.2. The van der Waals surface area contributed by atoms with Crippen LogP contribution in [0.1, 0.15) is 15.9 Å². The van der Waals surface area contributed by atoms with E-state index >= 15 is 0 Å². The van der Waals surface area contributed by atoms with Gasteiger partial charge in [-0.05, 0) is 39.7 Å². The average molecular weight is 338 g/mol. The normalized spacial score (nSPS) is 10.1. The van der Waals surface area contributed by atoms with Gasteiger partial charge in [-0.15, -0.1) is 0 Å². The van der Waals surface area contributed by atoms with Gasteiger partial charge in [0.15, 0.2) is 0 Å². The number of hydrogen-bond donors (Lipinski definition) is 1. The summed E-state index contributed by atoms with van der Waals surface area (Å²) in [6.07, 6.45) is 2.75. The largest absolute Gasteiger partial charge is 0.496 e. The monoisotopic (exact) mass is 337 g/mol. The highest BCUT2D eigenvalue weighted by atomic mass is 79.9. The van der Waals surface area contributed by atoms with Crippen LogP contribution >= 0.6 is 15.9 Å². The summed E-state index contributed by atoms with van der Waals surface area (Å²) in [6, 6.07) is 7.02. The quantitative estimate of drug-likeness (QED) is 0.907. The molecule has 2 rings (SSSR count). The van der Waals surface area contributed by atoms with Gasteiger partial charge in [0.1, 0.15) is 18.1 Å². The topological polar surface area (TPSA) is 68.7 Å². The van der Waals surface area contributed by atoms with E-state index in [4.69, 9.17) is 14.6 Å². The molecule has 1 aromatic heterocycles. The summed E-state index contributed by atoms with van der Waals surface area (Å²) in [4.78, 5) is 14.7. The van der Waals surface area contributed by atoms with Crippen molar-refractivity contribution in [3.8, 4) is 11.5 Å². The zero-order valence-electron chi connectivity index (χ0n) is 10.7. The number of hydrogen-bond acceptors (Lipinski definition) is 4. The molecule has 0 saturated carbocycles. The molecular formula is C14H12BrNO4. The second-order valence-electron chi connectivity index (χ2n) is 3.97. The van der Waals surface area contributed by atoms with Gasteiger partial charge in [-0.1, -0.05) is 6.07 Å². The van der Waals surface area contributed by atoms with Crippen LogP contribution in [0.25, 0.3) is 0 Å². The first-order valence-corrected chi connectivity index (χ1v) is 6.53. The van der Waals surface area contributed by atoms with E-state index in [0.717, 1.165) is 15.8 Å². The van der Waals surface area contributed by atoms with Gasteiger partial charge in [0.05, 0.1) is 23.3 Å². The smallest absolute Gasteiger partial charge is 0.337 e. The van der Waals surface area contributed by atoms with Gasteiger partial charge < -0.3 is 14.6 Å². The van der Waals surface area contributed by atoms with Gasteiger partial charge in [0, 0.05) is 6.20 Å². The van der Waals surface area contributed by atoms with Crippen molar-refractivity contribution in [1.29, 1.82) is 0 Å². The highest BCUT2D eigenvalue weighted by Crippen LogP contribution is 2.26. The number of rotatable bonds is 5. The number of carboxylic acids is 1. The molecule has 0 bridgehead atoms. The fourth-order valence-corrected chi connectivity index (χ4v) is 2.17. The maximum atomic E-state index is 10.8. The van der Waals surface area contributed by atoms with Crippen LogP contribution in [0.4, 0.5) is 0 Å². The lowest BCUT2D eigenvalue weighted by Gasteiger charge is -2.08. The lowest BCUT2D eigenvalue weighted by molar-refractivity contribution is 0.0696. The van der Waals surface area contributed by atoms with Crippen molar-refractivity contribution < 1.29 is 19.4 Å². The molecule has 0 radical (unpaired) electrons. The van der Waals surface area contributed by atoms with Crippen LogP contribution in [0.3, 0.4) is 0 Å². The molecule has 0 saturated heterocycles. The molecule has 1 heterocycles. The third-order valence-electron chi connectivity index (χ3n) is 2.58. The molecule has 0 fully saturated rings. The number of nitrogens with zero attached hydrogens (tertiary/aromatic N) is 1. The molecule has 0 atom stereocenters. The van der Waals surface area contributed by atoms with Crippen LogP contribution in [0.15, 0.2) is 41.1 Å². The summed E-state index contributed by atoms with van der Waals surface area (Å²) in [5.74, 6) is 0.121. The van der Waals surface area contributed by atoms with Crippen molar-refractivity contribution in [2.45, 2.75) is 6.61 Å². The highest BCUT2D eigenvalue weighted by Gasteiger charge is 2.06. The zero-order chi connectivity index (χ0) is 14.5. The van der Waals surface area contributed by atoms with Crippen molar-refractivity contribution in [1.82, 2.24) is 4.98 Å². The first kappa shape index (κ1) is 14.3. The van der Waals surface area contributed by atoms with Crippen molar-refractivity contribution in [3.05, 3.63) is 52.3 Å². The fraction of sp³-hybridized carbons (Fsp3) is 0.143. The maximum absolute atomic E-state index is 10.8. The summed E-state index contributed by atoms with van der Waals surface area (Å²) < 4.78 is 11.5. The molecule has 1 aromatic carbocycles. The number of aromatic carboxylic acids is 1. The molecule has 5 nitrogen and oxygen atoms in total. The Bertz CT molecular complexity index is 630. The average Bonchev–Trinajstić information content (AvgIpc) is 2.45. The SMILES string of the molecule is COc1ccc(COc2cncc(C(=O)O)c2)cc1Br. The number of aromatic nitrogens is 1. The Morgan fingerprint density at radius 3 is 2.80 bits per heavy atom.